The lowest BCUT2D eigenvalue weighted by Crippen LogP contribution is -2.21. The summed E-state index contributed by atoms with van der Waals surface area (Å²) in [5.41, 5.74) is 7.57. The fourth-order valence-electron chi connectivity index (χ4n) is 2.13. The second-order valence-electron chi connectivity index (χ2n) is 4.28. The maximum Gasteiger partial charge on any atom is 0.0896 e. The summed E-state index contributed by atoms with van der Waals surface area (Å²) in [7, 11) is 0. The molecule has 2 unspecified atom stereocenters. The van der Waals surface area contributed by atoms with Crippen LogP contribution in [0.5, 0.6) is 0 Å². The molecule has 4 heteroatoms. The Kier molecular flexibility index (Phi) is 4.96. The molecule has 1 aromatic carbocycles. The zero-order chi connectivity index (χ0) is 13.7. The molecule has 3 N–H and O–H groups in total. The van der Waals surface area contributed by atoms with Crippen molar-refractivity contribution in [2.24, 2.45) is 5.73 Å². The molecule has 0 amide bonds. The van der Waals surface area contributed by atoms with E-state index < -0.39 is 6.10 Å². The fourth-order valence-corrected chi connectivity index (χ4v) is 2.77. The molecule has 1 aromatic heterocycles. The van der Waals surface area contributed by atoms with Crippen LogP contribution >= 0.6 is 11.8 Å². The highest BCUT2D eigenvalue weighted by atomic mass is 32.2. The van der Waals surface area contributed by atoms with Crippen LogP contribution in [0.2, 0.25) is 0 Å². The van der Waals surface area contributed by atoms with E-state index in [9.17, 15) is 5.11 Å². The molecular formula is C15H18N2OS. The van der Waals surface area contributed by atoms with Crippen LogP contribution in [0.4, 0.5) is 0 Å². The standard InChI is InChI=1S/C15H18N2OS/c1-19-14-8-3-2-6-11(14)15(18)12(10-16)13-7-4-5-9-17-13/h2-9,12,15,18H,10,16H2,1H3. The molecule has 1 heterocycles. The molecule has 100 valence electrons. The van der Waals surface area contributed by atoms with E-state index in [0.717, 1.165) is 16.2 Å². The van der Waals surface area contributed by atoms with E-state index in [1.807, 2.05) is 48.7 Å². The molecule has 0 aliphatic carbocycles. The van der Waals surface area contributed by atoms with Gasteiger partial charge in [-0.15, -0.1) is 11.8 Å². The van der Waals surface area contributed by atoms with E-state index in [0.29, 0.717) is 6.54 Å². The van der Waals surface area contributed by atoms with Gasteiger partial charge in [-0.3, -0.25) is 4.98 Å². The summed E-state index contributed by atoms with van der Waals surface area (Å²) >= 11 is 1.63. The Morgan fingerprint density at radius 1 is 1.21 bits per heavy atom. The third-order valence-electron chi connectivity index (χ3n) is 3.16. The van der Waals surface area contributed by atoms with Gasteiger partial charge in [0.1, 0.15) is 0 Å². The second kappa shape index (κ2) is 6.70. The molecular weight excluding hydrogens is 256 g/mol. The molecule has 2 aromatic rings. The van der Waals surface area contributed by atoms with Gasteiger partial charge in [0.2, 0.25) is 0 Å². The van der Waals surface area contributed by atoms with Gasteiger partial charge in [0.25, 0.3) is 0 Å². The van der Waals surface area contributed by atoms with Crippen molar-refractivity contribution in [2.75, 3.05) is 12.8 Å². The van der Waals surface area contributed by atoms with Crippen molar-refractivity contribution >= 4 is 11.8 Å². The van der Waals surface area contributed by atoms with Crippen molar-refractivity contribution in [2.45, 2.75) is 16.9 Å². The number of rotatable bonds is 5. The second-order valence-corrected chi connectivity index (χ2v) is 5.13. The van der Waals surface area contributed by atoms with Crippen LogP contribution < -0.4 is 5.73 Å². The molecule has 0 aliphatic rings. The highest BCUT2D eigenvalue weighted by Gasteiger charge is 2.24. The minimum atomic E-state index is -0.636. The molecule has 0 radical (unpaired) electrons. The van der Waals surface area contributed by atoms with E-state index in [4.69, 9.17) is 5.73 Å². The molecule has 2 rings (SSSR count). The first kappa shape index (κ1) is 14.1. The van der Waals surface area contributed by atoms with Crippen LogP contribution in [0, 0.1) is 0 Å². The average molecular weight is 274 g/mol. The van der Waals surface area contributed by atoms with Crippen LogP contribution in [0.1, 0.15) is 23.3 Å². The van der Waals surface area contributed by atoms with E-state index in [-0.39, 0.29) is 5.92 Å². The summed E-state index contributed by atoms with van der Waals surface area (Å²) in [6, 6.07) is 13.5. The number of hydrogen-bond acceptors (Lipinski definition) is 4. The Hall–Kier alpha value is -1.36. The highest BCUT2D eigenvalue weighted by Crippen LogP contribution is 2.34. The van der Waals surface area contributed by atoms with Crippen LogP contribution in [0.25, 0.3) is 0 Å². The minimum Gasteiger partial charge on any atom is -0.388 e. The average Bonchev–Trinajstić information content (AvgIpc) is 2.49. The third kappa shape index (κ3) is 3.15. The first-order chi connectivity index (χ1) is 9.27. The van der Waals surface area contributed by atoms with E-state index in [1.54, 1.807) is 18.0 Å². The minimum absolute atomic E-state index is 0.186. The van der Waals surface area contributed by atoms with Gasteiger partial charge in [-0.2, -0.15) is 0 Å². The van der Waals surface area contributed by atoms with Crippen LogP contribution in [0.3, 0.4) is 0 Å². The van der Waals surface area contributed by atoms with Crippen molar-refractivity contribution in [3.05, 3.63) is 59.9 Å². The first-order valence-electron chi connectivity index (χ1n) is 6.20. The third-order valence-corrected chi connectivity index (χ3v) is 3.97. The van der Waals surface area contributed by atoms with Crippen molar-refractivity contribution in [3.8, 4) is 0 Å². The number of benzene rings is 1. The predicted octanol–water partition coefficient (Wildman–Crippen LogP) is 2.58. The van der Waals surface area contributed by atoms with E-state index in [1.165, 1.54) is 0 Å². The van der Waals surface area contributed by atoms with Gasteiger partial charge in [0.15, 0.2) is 0 Å². The molecule has 0 saturated carbocycles. The molecule has 2 atom stereocenters. The molecule has 0 saturated heterocycles. The van der Waals surface area contributed by atoms with Gasteiger partial charge in [-0.05, 0) is 30.0 Å². The van der Waals surface area contributed by atoms with Crippen molar-refractivity contribution in [1.82, 2.24) is 4.98 Å². The molecule has 0 spiro atoms. The number of pyridine rings is 1. The molecule has 3 nitrogen and oxygen atoms in total. The summed E-state index contributed by atoms with van der Waals surface area (Å²) in [6.07, 6.45) is 3.10. The summed E-state index contributed by atoms with van der Waals surface area (Å²) in [6.45, 7) is 0.362. The summed E-state index contributed by atoms with van der Waals surface area (Å²) < 4.78 is 0. The molecule has 0 bridgehead atoms. The van der Waals surface area contributed by atoms with Gasteiger partial charge in [0.05, 0.1) is 6.10 Å². The summed E-state index contributed by atoms with van der Waals surface area (Å²) in [5, 5.41) is 10.6. The van der Waals surface area contributed by atoms with Gasteiger partial charge in [-0.1, -0.05) is 24.3 Å². The fraction of sp³-hybridized carbons (Fsp3) is 0.267. The van der Waals surface area contributed by atoms with Gasteiger partial charge in [-0.25, -0.2) is 0 Å². The molecule has 19 heavy (non-hydrogen) atoms. The maximum absolute atomic E-state index is 10.6. The number of aromatic nitrogens is 1. The molecule has 0 aliphatic heterocycles. The Balaban J connectivity index is 2.33. The Morgan fingerprint density at radius 2 is 1.95 bits per heavy atom. The lowest BCUT2D eigenvalue weighted by Gasteiger charge is -2.23. The van der Waals surface area contributed by atoms with Gasteiger partial charge >= 0.3 is 0 Å². The maximum atomic E-state index is 10.6. The number of thioether (sulfide) groups is 1. The van der Waals surface area contributed by atoms with Crippen molar-refractivity contribution < 1.29 is 5.11 Å². The lowest BCUT2D eigenvalue weighted by atomic mass is 9.92. The summed E-state index contributed by atoms with van der Waals surface area (Å²) in [4.78, 5) is 5.38. The van der Waals surface area contributed by atoms with Crippen molar-refractivity contribution in [3.63, 3.8) is 0 Å². The number of nitrogens with two attached hydrogens (primary N) is 1. The van der Waals surface area contributed by atoms with Gasteiger partial charge < -0.3 is 10.8 Å². The highest BCUT2D eigenvalue weighted by molar-refractivity contribution is 7.98. The predicted molar refractivity (Wildman–Crippen MR) is 79.2 cm³/mol. The van der Waals surface area contributed by atoms with Gasteiger partial charge in [0, 0.05) is 29.2 Å². The Bertz CT molecular complexity index is 519. The summed E-state index contributed by atoms with van der Waals surface area (Å²) in [5.74, 6) is -0.186. The van der Waals surface area contributed by atoms with Crippen LogP contribution in [-0.2, 0) is 0 Å². The van der Waals surface area contributed by atoms with E-state index >= 15 is 0 Å². The topological polar surface area (TPSA) is 59.1 Å². The Labute approximate surface area is 117 Å². The lowest BCUT2D eigenvalue weighted by molar-refractivity contribution is 0.143. The Morgan fingerprint density at radius 3 is 2.58 bits per heavy atom. The zero-order valence-electron chi connectivity index (χ0n) is 10.9. The van der Waals surface area contributed by atoms with Crippen LogP contribution in [0.15, 0.2) is 53.6 Å². The van der Waals surface area contributed by atoms with E-state index in [2.05, 4.69) is 4.98 Å². The number of nitrogens with zero attached hydrogens (tertiary/aromatic N) is 1. The quantitative estimate of drug-likeness (QED) is 0.823. The molecule has 0 fully saturated rings. The number of hydrogen-bond donors (Lipinski definition) is 2. The zero-order valence-corrected chi connectivity index (χ0v) is 11.7. The van der Waals surface area contributed by atoms with Crippen LogP contribution in [-0.4, -0.2) is 22.9 Å². The first-order valence-corrected chi connectivity index (χ1v) is 7.42. The largest absolute Gasteiger partial charge is 0.388 e. The number of aliphatic hydroxyl groups excluding tert-OH is 1. The SMILES string of the molecule is CSc1ccccc1C(O)C(CN)c1ccccn1. The monoisotopic (exact) mass is 274 g/mol. The normalized spacial score (nSPS) is 14.1. The smallest absolute Gasteiger partial charge is 0.0896 e. The van der Waals surface area contributed by atoms with Crippen molar-refractivity contribution in [1.29, 1.82) is 0 Å². The number of aliphatic hydroxyl groups is 1.